The lowest BCUT2D eigenvalue weighted by atomic mass is 9.82. The van der Waals surface area contributed by atoms with Gasteiger partial charge < -0.3 is 10.1 Å². The Morgan fingerprint density at radius 3 is 2.65 bits per heavy atom. The van der Waals surface area contributed by atoms with Gasteiger partial charge in [0.05, 0.1) is 30.7 Å². The number of hydrogen-bond acceptors (Lipinski definition) is 5. The van der Waals surface area contributed by atoms with Crippen LogP contribution in [0.4, 0.5) is 11.4 Å². The van der Waals surface area contributed by atoms with Crippen LogP contribution < -0.4 is 14.8 Å². The average molecular weight is 371 g/mol. The maximum absolute atomic E-state index is 12.2. The number of sulfonamides is 1. The van der Waals surface area contributed by atoms with Crippen molar-refractivity contribution in [1.29, 1.82) is 5.26 Å². The van der Waals surface area contributed by atoms with E-state index in [-0.39, 0.29) is 23.9 Å². The smallest absolute Gasteiger partial charge is 0.229 e. The fourth-order valence-electron chi connectivity index (χ4n) is 3.12. The molecule has 2 N–H and O–H groups in total. The summed E-state index contributed by atoms with van der Waals surface area (Å²) in [7, 11) is -2.07. The minimum absolute atomic E-state index is 0.188. The van der Waals surface area contributed by atoms with Gasteiger partial charge >= 0.3 is 0 Å². The fourth-order valence-corrected chi connectivity index (χ4v) is 3.68. The third kappa shape index (κ3) is 3.48. The van der Waals surface area contributed by atoms with Gasteiger partial charge in [0.15, 0.2) is 0 Å². The fraction of sp³-hybridized carbons (Fsp3) is 0.222. The number of carbonyl (C=O) groups excluding carboxylic acids is 1. The predicted molar refractivity (Wildman–Crippen MR) is 97.7 cm³/mol. The monoisotopic (exact) mass is 371 g/mol. The van der Waals surface area contributed by atoms with E-state index in [1.165, 1.54) is 13.2 Å². The molecule has 0 fully saturated rings. The third-order valence-corrected chi connectivity index (χ3v) is 4.75. The van der Waals surface area contributed by atoms with E-state index >= 15 is 0 Å². The second kappa shape index (κ2) is 6.69. The highest BCUT2D eigenvalue weighted by Crippen LogP contribution is 2.43. The molecule has 7 nitrogen and oxygen atoms in total. The molecule has 2 aromatic carbocycles. The van der Waals surface area contributed by atoms with Crippen LogP contribution >= 0.6 is 0 Å². The number of ether oxygens (including phenoxy) is 1. The molecule has 134 valence electrons. The van der Waals surface area contributed by atoms with Crippen molar-refractivity contribution in [2.45, 2.75) is 12.3 Å². The van der Waals surface area contributed by atoms with Gasteiger partial charge in [0.25, 0.3) is 0 Å². The van der Waals surface area contributed by atoms with Crippen LogP contribution in [-0.2, 0) is 14.8 Å². The summed E-state index contributed by atoms with van der Waals surface area (Å²) < 4.78 is 30.9. The Balaban J connectivity index is 2.17. The number of hydrogen-bond donors (Lipinski definition) is 2. The zero-order valence-corrected chi connectivity index (χ0v) is 15.1. The summed E-state index contributed by atoms with van der Waals surface area (Å²) in [5.74, 6) is -0.189. The summed E-state index contributed by atoms with van der Waals surface area (Å²) >= 11 is 0. The number of methoxy groups -OCH3 is 1. The average Bonchev–Trinajstić information content (AvgIpc) is 2.59. The molecule has 1 heterocycles. The van der Waals surface area contributed by atoms with Crippen LogP contribution in [0.25, 0.3) is 0 Å². The van der Waals surface area contributed by atoms with Crippen LogP contribution in [0.15, 0.2) is 36.4 Å². The van der Waals surface area contributed by atoms with Crippen molar-refractivity contribution in [3.63, 3.8) is 0 Å². The van der Waals surface area contributed by atoms with Gasteiger partial charge in [-0.25, -0.2) is 8.42 Å². The first kappa shape index (κ1) is 17.8. The normalized spacial score (nSPS) is 16.2. The van der Waals surface area contributed by atoms with Crippen molar-refractivity contribution < 1.29 is 17.9 Å². The molecule has 1 unspecified atom stereocenters. The molecule has 0 saturated carbocycles. The molecular formula is C18H17N3O4S. The molecule has 0 spiro atoms. The second-order valence-corrected chi connectivity index (χ2v) is 7.77. The number of benzene rings is 2. The molecule has 0 aliphatic carbocycles. The summed E-state index contributed by atoms with van der Waals surface area (Å²) in [6.07, 6.45) is 1.23. The molecule has 1 amide bonds. The zero-order chi connectivity index (χ0) is 18.9. The summed E-state index contributed by atoms with van der Waals surface area (Å²) in [6.45, 7) is 0. The number of nitriles is 1. The molecular weight excluding hydrogens is 354 g/mol. The van der Waals surface area contributed by atoms with Gasteiger partial charge in [0.2, 0.25) is 15.9 Å². The van der Waals surface area contributed by atoms with Crippen molar-refractivity contribution >= 4 is 27.3 Å². The molecule has 0 aromatic heterocycles. The lowest BCUT2D eigenvalue weighted by Gasteiger charge is -2.28. The highest BCUT2D eigenvalue weighted by atomic mass is 32.2. The van der Waals surface area contributed by atoms with E-state index in [9.17, 15) is 18.5 Å². The highest BCUT2D eigenvalue weighted by molar-refractivity contribution is 7.92. The summed E-state index contributed by atoms with van der Waals surface area (Å²) in [5.41, 5.74) is 2.74. The van der Waals surface area contributed by atoms with Crippen LogP contribution in [0.2, 0.25) is 0 Å². The molecule has 2 aromatic rings. The largest absolute Gasteiger partial charge is 0.495 e. The topological polar surface area (TPSA) is 108 Å². The first-order valence-corrected chi connectivity index (χ1v) is 9.70. The molecule has 1 atom stereocenters. The van der Waals surface area contributed by atoms with E-state index in [1.807, 2.05) is 12.1 Å². The minimum Gasteiger partial charge on any atom is -0.495 e. The Morgan fingerprint density at radius 2 is 2.00 bits per heavy atom. The summed E-state index contributed by atoms with van der Waals surface area (Å²) in [5, 5.41) is 12.1. The lowest BCUT2D eigenvalue weighted by Crippen LogP contribution is -2.24. The first-order valence-electron chi connectivity index (χ1n) is 7.81. The molecule has 26 heavy (non-hydrogen) atoms. The van der Waals surface area contributed by atoms with Crippen molar-refractivity contribution in [1.82, 2.24) is 0 Å². The van der Waals surface area contributed by atoms with E-state index < -0.39 is 10.0 Å². The van der Waals surface area contributed by atoms with Crippen LogP contribution in [0.5, 0.6) is 5.75 Å². The van der Waals surface area contributed by atoms with Gasteiger partial charge in [-0.3, -0.25) is 9.52 Å². The Kier molecular flexibility index (Phi) is 4.57. The SMILES string of the molecule is COc1cc2c(cc1NS(C)(=O)=O)NC(=O)CC2c1ccccc1C#N. The lowest BCUT2D eigenvalue weighted by molar-refractivity contribution is -0.116. The summed E-state index contributed by atoms with van der Waals surface area (Å²) in [6, 6.07) is 12.5. The Labute approximate surface area is 151 Å². The number of nitrogens with zero attached hydrogens (tertiary/aromatic N) is 1. The number of anilines is 2. The van der Waals surface area contributed by atoms with Crippen LogP contribution in [0, 0.1) is 11.3 Å². The second-order valence-electron chi connectivity index (χ2n) is 6.02. The van der Waals surface area contributed by atoms with Crippen molar-refractivity contribution in [3.05, 3.63) is 53.1 Å². The van der Waals surface area contributed by atoms with E-state index in [4.69, 9.17) is 4.74 Å². The number of fused-ring (bicyclic) bond motifs is 1. The number of rotatable bonds is 4. The maximum Gasteiger partial charge on any atom is 0.229 e. The molecule has 1 aliphatic heterocycles. The van der Waals surface area contributed by atoms with Gasteiger partial charge in [-0.1, -0.05) is 18.2 Å². The minimum atomic E-state index is -3.51. The van der Waals surface area contributed by atoms with Gasteiger partial charge in [-0.15, -0.1) is 0 Å². The molecule has 8 heteroatoms. The van der Waals surface area contributed by atoms with E-state index in [2.05, 4.69) is 16.1 Å². The maximum atomic E-state index is 12.2. The highest BCUT2D eigenvalue weighted by Gasteiger charge is 2.30. The van der Waals surface area contributed by atoms with E-state index in [0.717, 1.165) is 17.4 Å². The number of amides is 1. The van der Waals surface area contributed by atoms with E-state index in [1.54, 1.807) is 18.2 Å². The van der Waals surface area contributed by atoms with Gasteiger partial charge in [0, 0.05) is 18.0 Å². The van der Waals surface area contributed by atoms with Gasteiger partial charge in [-0.05, 0) is 29.3 Å². The van der Waals surface area contributed by atoms with Crippen LogP contribution in [0.3, 0.4) is 0 Å². The molecule has 0 bridgehead atoms. The quantitative estimate of drug-likeness (QED) is 0.858. The van der Waals surface area contributed by atoms with Crippen LogP contribution in [-0.4, -0.2) is 27.7 Å². The number of nitrogens with one attached hydrogen (secondary N) is 2. The first-order chi connectivity index (χ1) is 12.3. The Hall–Kier alpha value is -3.05. The van der Waals surface area contributed by atoms with E-state index in [0.29, 0.717) is 17.0 Å². The van der Waals surface area contributed by atoms with Crippen molar-refractivity contribution in [3.8, 4) is 11.8 Å². The molecule has 0 radical (unpaired) electrons. The predicted octanol–water partition coefficient (Wildman–Crippen LogP) is 2.41. The molecule has 3 rings (SSSR count). The molecule has 0 saturated heterocycles. The number of carbonyl (C=O) groups is 1. The standard InChI is InChI=1S/C18H17N3O4S/c1-25-17-7-14-13(12-6-4-3-5-11(12)10-19)8-18(22)20-15(14)9-16(17)21-26(2,23)24/h3-7,9,13,21H,8H2,1-2H3,(H,20,22). The van der Waals surface area contributed by atoms with Crippen molar-refractivity contribution in [2.24, 2.45) is 0 Å². The van der Waals surface area contributed by atoms with Crippen LogP contribution in [0.1, 0.15) is 29.0 Å². The summed E-state index contributed by atoms with van der Waals surface area (Å²) in [4.78, 5) is 12.2. The Bertz CT molecular complexity index is 1030. The molecule has 1 aliphatic rings. The van der Waals surface area contributed by atoms with Gasteiger partial charge in [-0.2, -0.15) is 5.26 Å². The van der Waals surface area contributed by atoms with Crippen molar-refractivity contribution in [2.75, 3.05) is 23.4 Å². The zero-order valence-electron chi connectivity index (χ0n) is 14.2. The Morgan fingerprint density at radius 1 is 1.27 bits per heavy atom. The third-order valence-electron chi connectivity index (χ3n) is 4.16. The van der Waals surface area contributed by atoms with Gasteiger partial charge in [0.1, 0.15) is 5.75 Å².